The number of nitriles is 1. The number of halogens is 4. The Bertz CT molecular complexity index is 1570. The minimum atomic E-state index is -4.69. The molecule has 0 amide bonds. The maximum Gasteiger partial charge on any atom is 0.435 e. The summed E-state index contributed by atoms with van der Waals surface area (Å²) in [5.74, 6) is -1.92. The normalized spacial score (nSPS) is 11.5. The summed E-state index contributed by atoms with van der Waals surface area (Å²) < 4.78 is 55.0. The third-order valence-electron chi connectivity index (χ3n) is 5.05. The van der Waals surface area contributed by atoms with Crippen LogP contribution in [0, 0.1) is 24.1 Å². The summed E-state index contributed by atoms with van der Waals surface area (Å²) in [6.45, 7) is 1.43. The molecule has 4 rings (SSSR count). The monoisotopic (exact) mass is 508 g/mol. The fraction of sp³-hybridized carbons (Fsp3) is 0.0800. The fourth-order valence-electron chi connectivity index (χ4n) is 3.46. The van der Waals surface area contributed by atoms with Gasteiger partial charge in [-0.3, -0.25) is 0 Å². The summed E-state index contributed by atoms with van der Waals surface area (Å²) in [6, 6.07) is 12.8. The maximum absolute atomic E-state index is 13.9. The molecule has 186 valence electrons. The number of hydrogen-bond donors (Lipinski definition) is 2. The molecular formula is C25H16F4N6O2. The van der Waals surface area contributed by atoms with E-state index in [4.69, 9.17) is 10.4 Å². The topological polar surface area (TPSA) is 117 Å². The van der Waals surface area contributed by atoms with Gasteiger partial charge in [0.1, 0.15) is 5.82 Å². The van der Waals surface area contributed by atoms with Gasteiger partial charge in [0.05, 0.1) is 11.6 Å². The number of aryl methyl sites for hydroxylation is 1. The number of carbonyl (C=O) groups is 1. The summed E-state index contributed by atoms with van der Waals surface area (Å²) in [6.07, 6.45) is -1.03. The van der Waals surface area contributed by atoms with Gasteiger partial charge in [-0.05, 0) is 54.5 Å². The third kappa shape index (κ3) is 5.79. The molecule has 12 heteroatoms. The van der Waals surface area contributed by atoms with Crippen molar-refractivity contribution in [1.29, 1.82) is 5.26 Å². The second kappa shape index (κ2) is 9.90. The van der Waals surface area contributed by atoms with Gasteiger partial charge in [0.2, 0.25) is 5.95 Å². The number of aliphatic carboxylic acids is 1. The van der Waals surface area contributed by atoms with Gasteiger partial charge in [-0.25, -0.2) is 18.9 Å². The summed E-state index contributed by atoms with van der Waals surface area (Å²) in [4.78, 5) is 19.4. The zero-order chi connectivity index (χ0) is 26.7. The van der Waals surface area contributed by atoms with Crippen molar-refractivity contribution in [3.63, 3.8) is 0 Å². The summed E-state index contributed by atoms with van der Waals surface area (Å²) in [5.41, 5.74) is 0.518. The van der Waals surface area contributed by atoms with Gasteiger partial charge in [0.25, 0.3) is 0 Å². The Hall–Kier alpha value is -5.05. The molecule has 0 spiro atoms. The molecule has 37 heavy (non-hydrogen) atoms. The van der Waals surface area contributed by atoms with Crippen molar-refractivity contribution < 1.29 is 27.5 Å². The summed E-state index contributed by atoms with van der Waals surface area (Å²) in [7, 11) is 0. The first kappa shape index (κ1) is 25.1. The number of aromatic nitrogens is 4. The second-order valence-corrected chi connectivity index (χ2v) is 7.77. The van der Waals surface area contributed by atoms with Crippen LogP contribution in [0.5, 0.6) is 0 Å². The van der Waals surface area contributed by atoms with E-state index in [9.17, 15) is 22.4 Å². The molecule has 2 aromatic carbocycles. The van der Waals surface area contributed by atoms with Gasteiger partial charge in [-0.15, -0.1) is 0 Å². The van der Waals surface area contributed by atoms with E-state index in [0.29, 0.717) is 16.7 Å². The Balaban J connectivity index is 1.86. The lowest BCUT2D eigenvalue weighted by atomic mass is 10.0. The average molecular weight is 508 g/mol. The second-order valence-electron chi connectivity index (χ2n) is 7.77. The highest BCUT2D eigenvalue weighted by molar-refractivity contribution is 5.86. The Morgan fingerprint density at radius 2 is 1.97 bits per heavy atom. The largest absolute Gasteiger partial charge is 0.478 e. The number of nitrogens with zero attached hydrogens (tertiary/aromatic N) is 5. The van der Waals surface area contributed by atoms with Crippen LogP contribution in [0.15, 0.2) is 60.8 Å². The predicted octanol–water partition coefficient (Wildman–Crippen LogP) is 5.51. The minimum absolute atomic E-state index is 0.0122. The quantitative estimate of drug-likeness (QED) is 0.261. The molecule has 2 aromatic heterocycles. The molecule has 2 N–H and O–H groups in total. The smallest absolute Gasteiger partial charge is 0.435 e. The highest BCUT2D eigenvalue weighted by Crippen LogP contribution is 2.32. The van der Waals surface area contributed by atoms with E-state index in [1.165, 1.54) is 25.3 Å². The van der Waals surface area contributed by atoms with E-state index < -0.39 is 23.7 Å². The molecule has 0 fully saturated rings. The molecular weight excluding hydrogens is 492 g/mol. The molecule has 0 radical (unpaired) electrons. The Morgan fingerprint density at radius 1 is 1.19 bits per heavy atom. The molecule has 8 nitrogen and oxygen atoms in total. The van der Waals surface area contributed by atoms with Crippen molar-refractivity contribution in [2.75, 3.05) is 5.32 Å². The molecule has 2 heterocycles. The van der Waals surface area contributed by atoms with Crippen LogP contribution >= 0.6 is 0 Å². The van der Waals surface area contributed by atoms with Crippen LogP contribution in [0.3, 0.4) is 0 Å². The number of alkyl halides is 3. The number of hydrogen-bond acceptors (Lipinski definition) is 6. The standard InChI is InChI=1S/C25H16F4N6O2/c1-14-7-21(25(27,28)29)34-35(14)23-20(17-4-2-3-15(8-17)5-6-22(36)37)13-31-24(33-23)32-19-10-16(12-30)9-18(26)11-19/h2-11,13H,1H3,(H,36,37)(H,31,32,33). The fourth-order valence-corrected chi connectivity index (χ4v) is 3.46. The van der Waals surface area contributed by atoms with Crippen LogP contribution in [0.4, 0.5) is 29.2 Å². The molecule has 0 aliphatic carbocycles. The minimum Gasteiger partial charge on any atom is -0.478 e. The lowest BCUT2D eigenvalue weighted by Crippen LogP contribution is -2.10. The highest BCUT2D eigenvalue weighted by Gasteiger charge is 2.35. The van der Waals surface area contributed by atoms with Gasteiger partial charge in [-0.1, -0.05) is 18.2 Å². The van der Waals surface area contributed by atoms with E-state index in [-0.39, 0.29) is 28.7 Å². The van der Waals surface area contributed by atoms with Crippen molar-refractivity contribution in [3.05, 3.63) is 89.1 Å². The van der Waals surface area contributed by atoms with E-state index in [1.807, 2.05) is 6.07 Å². The third-order valence-corrected chi connectivity index (χ3v) is 5.05. The van der Waals surface area contributed by atoms with Crippen LogP contribution in [-0.2, 0) is 11.0 Å². The van der Waals surface area contributed by atoms with Gasteiger partial charge in [-0.2, -0.15) is 28.5 Å². The number of rotatable bonds is 6. The summed E-state index contributed by atoms with van der Waals surface area (Å²) in [5, 5.41) is 24.4. The van der Waals surface area contributed by atoms with Crippen LogP contribution in [0.2, 0.25) is 0 Å². The van der Waals surface area contributed by atoms with Gasteiger partial charge in [0, 0.05) is 29.2 Å². The van der Waals surface area contributed by atoms with Crippen molar-refractivity contribution in [2.45, 2.75) is 13.1 Å². The van der Waals surface area contributed by atoms with Crippen molar-refractivity contribution in [3.8, 4) is 23.0 Å². The Labute approximate surface area is 207 Å². The first-order chi connectivity index (χ1) is 17.5. The first-order valence-corrected chi connectivity index (χ1v) is 10.5. The molecule has 0 aliphatic rings. The van der Waals surface area contributed by atoms with Crippen molar-refractivity contribution >= 4 is 23.7 Å². The number of carboxylic acids is 1. The summed E-state index contributed by atoms with van der Waals surface area (Å²) >= 11 is 0. The van der Waals surface area contributed by atoms with E-state index in [0.717, 1.165) is 29.0 Å². The highest BCUT2D eigenvalue weighted by atomic mass is 19.4. The Kier molecular flexibility index (Phi) is 6.71. The predicted molar refractivity (Wildman–Crippen MR) is 125 cm³/mol. The molecule has 0 unspecified atom stereocenters. The van der Waals surface area contributed by atoms with Crippen LogP contribution in [0.1, 0.15) is 22.5 Å². The first-order valence-electron chi connectivity index (χ1n) is 10.5. The molecule has 0 saturated carbocycles. The number of carboxylic acid groups (broad SMARTS) is 1. The van der Waals surface area contributed by atoms with E-state index in [1.54, 1.807) is 24.3 Å². The number of nitrogens with one attached hydrogen (secondary N) is 1. The van der Waals surface area contributed by atoms with Crippen LogP contribution < -0.4 is 5.32 Å². The molecule has 0 bridgehead atoms. The number of benzene rings is 2. The van der Waals surface area contributed by atoms with Gasteiger partial charge in [0.15, 0.2) is 11.5 Å². The van der Waals surface area contributed by atoms with Crippen molar-refractivity contribution in [1.82, 2.24) is 19.7 Å². The molecule has 0 aliphatic heterocycles. The lowest BCUT2D eigenvalue weighted by molar-refractivity contribution is -0.141. The maximum atomic E-state index is 13.9. The lowest BCUT2D eigenvalue weighted by Gasteiger charge is -2.13. The van der Waals surface area contributed by atoms with Crippen LogP contribution in [0.25, 0.3) is 23.0 Å². The SMILES string of the molecule is Cc1cc(C(F)(F)F)nn1-c1nc(Nc2cc(F)cc(C#N)c2)ncc1-c1cccc(C=CC(=O)O)c1. The van der Waals surface area contributed by atoms with E-state index >= 15 is 0 Å². The molecule has 4 aromatic rings. The van der Waals surface area contributed by atoms with Gasteiger partial charge < -0.3 is 10.4 Å². The molecule has 0 saturated heterocycles. The zero-order valence-corrected chi connectivity index (χ0v) is 19.0. The Morgan fingerprint density at radius 3 is 2.65 bits per heavy atom. The number of anilines is 2. The van der Waals surface area contributed by atoms with Crippen LogP contribution in [-0.4, -0.2) is 30.8 Å². The average Bonchev–Trinajstić information content (AvgIpc) is 3.24. The zero-order valence-electron chi connectivity index (χ0n) is 19.0. The van der Waals surface area contributed by atoms with E-state index in [2.05, 4.69) is 20.4 Å². The van der Waals surface area contributed by atoms with Crippen molar-refractivity contribution in [2.24, 2.45) is 0 Å². The van der Waals surface area contributed by atoms with Gasteiger partial charge >= 0.3 is 12.1 Å². The molecule has 0 atom stereocenters.